The van der Waals surface area contributed by atoms with Crippen molar-refractivity contribution < 1.29 is 33.3 Å². The van der Waals surface area contributed by atoms with Crippen LogP contribution in [0, 0.1) is 45.2 Å². The number of benzene rings is 1. The van der Waals surface area contributed by atoms with E-state index in [0.29, 0.717) is 17.8 Å². The van der Waals surface area contributed by atoms with Crippen molar-refractivity contribution in [1.29, 1.82) is 0 Å². The number of hydrogen-bond acceptors (Lipinski definition) is 5. The Morgan fingerprint density at radius 1 is 1.00 bits per heavy atom. The summed E-state index contributed by atoms with van der Waals surface area (Å²) in [5.41, 5.74) is 4.40. The minimum atomic E-state index is -2.80. The molecular weight excluding hydrogens is 673 g/mol. The van der Waals surface area contributed by atoms with E-state index >= 15 is 0 Å². The molecule has 4 unspecified atom stereocenters. The van der Waals surface area contributed by atoms with Crippen LogP contribution in [-0.2, 0) is 33.3 Å². The van der Waals surface area contributed by atoms with Gasteiger partial charge >= 0.3 is 38.0 Å². The van der Waals surface area contributed by atoms with Crippen molar-refractivity contribution in [2.24, 2.45) is 17.8 Å². The summed E-state index contributed by atoms with van der Waals surface area (Å²) >= 11 is 1.75. The summed E-state index contributed by atoms with van der Waals surface area (Å²) in [6.07, 6.45) is 5.24. The van der Waals surface area contributed by atoms with E-state index in [2.05, 4.69) is 119 Å². The molecular formula is C28H47AuClN2O3Si-. The molecule has 3 rings (SSSR count). The zero-order valence-corrected chi connectivity index (χ0v) is 28.0. The maximum absolute atomic E-state index is 6.92. The third-order valence-corrected chi connectivity index (χ3v) is 11.5. The Hall–Kier alpha value is -0.313. The second-order valence-corrected chi connectivity index (χ2v) is 14.1. The van der Waals surface area contributed by atoms with E-state index < -0.39 is 8.80 Å². The molecule has 1 fully saturated rings. The van der Waals surface area contributed by atoms with E-state index in [1.165, 1.54) is 22.4 Å². The van der Waals surface area contributed by atoms with Crippen LogP contribution in [-0.4, -0.2) is 38.6 Å². The molecule has 5 nitrogen and oxygen atoms in total. The Labute approximate surface area is 238 Å². The van der Waals surface area contributed by atoms with Gasteiger partial charge < -0.3 is 23.1 Å². The second-order valence-electron chi connectivity index (χ2n) is 11.4. The number of rotatable bonds is 9. The summed E-state index contributed by atoms with van der Waals surface area (Å²) in [6.45, 7) is 25.4. The Morgan fingerprint density at radius 2 is 1.56 bits per heavy atom. The molecule has 1 aromatic rings. The van der Waals surface area contributed by atoms with E-state index in [4.69, 9.17) is 13.3 Å². The fraction of sp³-hybridized carbons (Fsp3) is 0.679. The van der Waals surface area contributed by atoms with Crippen LogP contribution in [0.3, 0.4) is 0 Å². The van der Waals surface area contributed by atoms with Crippen LogP contribution in [0.1, 0.15) is 71.6 Å². The van der Waals surface area contributed by atoms with Crippen molar-refractivity contribution in [2.75, 3.05) is 18.6 Å². The van der Waals surface area contributed by atoms with E-state index in [9.17, 15) is 0 Å². The number of hydrogen-bond donors (Lipinski definition) is 0. The first-order chi connectivity index (χ1) is 16.8. The number of anilines is 1. The van der Waals surface area contributed by atoms with Crippen LogP contribution in [0.15, 0.2) is 24.5 Å². The third-order valence-electron chi connectivity index (χ3n) is 8.49. The summed E-state index contributed by atoms with van der Waals surface area (Å²) in [7, 11) is 3.55. The van der Waals surface area contributed by atoms with Gasteiger partial charge in [0.1, 0.15) is 0 Å². The minimum absolute atomic E-state index is 0.327. The van der Waals surface area contributed by atoms with Crippen LogP contribution in [0.4, 0.5) is 5.69 Å². The van der Waals surface area contributed by atoms with Gasteiger partial charge in [0.05, 0.1) is 11.2 Å². The van der Waals surface area contributed by atoms with E-state index in [-0.39, 0.29) is 11.2 Å². The van der Waals surface area contributed by atoms with Crippen LogP contribution in [0.25, 0.3) is 0 Å². The summed E-state index contributed by atoms with van der Waals surface area (Å²) in [5, 5.41) is 0. The fourth-order valence-electron chi connectivity index (χ4n) is 5.75. The molecule has 1 aromatic carbocycles. The standard InChI is InChI=1S/C28H47N2O3Si.Au.ClH/c1-20(2)25(8)28(10)27(9,21(3)4)32-34(31-11,33-28)16-12-13-29-14-15-30(19-29)26-23(6)17-22(5)18-24(26)7;;/h14-15,17-21,25H,12-13,16H2,1-11H3;;1H/q-1;+1;/p-1. The van der Waals surface area contributed by atoms with E-state index in [0.717, 1.165) is 19.0 Å². The molecule has 0 amide bonds. The molecule has 4 atom stereocenters. The Morgan fingerprint density at radius 3 is 2.06 bits per heavy atom. The molecule has 2 heterocycles. The van der Waals surface area contributed by atoms with Crippen molar-refractivity contribution in [3.63, 3.8) is 0 Å². The predicted octanol–water partition coefficient (Wildman–Crippen LogP) is 7.50. The van der Waals surface area contributed by atoms with Crippen molar-refractivity contribution in [2.45, 2.75) is 92.9 Å². The Bertz CT molecular complexity index is 894. The molecule has 2 aliphatic heterocycles. The summed E-state index contributed by atoms with van der Waals surface area (Å²) in [6, 6.07) is 5.31. The van der Waals surface area contributed by atoms with Crippen LogP contribution in [0.5, 0.6) is 0 Å². The van der Waals surface area contributed by atoms with Gasteiger partial charge in [0.2, 0.25) is 0 Å². The first-order valence-electron chi connectivity index (χ1n) is 13.0. The molecule has 36 heavy (non-hydrogen) atoms. The number of aryl methyl sites for hydroxylation is 3. The average molecular weight is 720 g/mol. The van der Waals surface area contributed by atoms with Gasteiger partial charge in [0, 0.05) is 18.8 Å². The fourth-order valence-corrected chi connectivity index (χ4v) is 9.07. The third kappa shape index (κ3) is 6.28. The van der Waals surface area contributed by atoms with E-state index in [1.807, 2.05) is 0 Å². The van der Waals surface area contributed by atoms with Crippen molar-refractivity contribution in [3.05, 3.63) is 47.9 Å². The van der Waals surface area contributed by atoms with Crippen LogP contribution < -0.4 is 4.90 Å². The van der Waals surface area contributed by atoms with Gasteiger partial charge in [-0.15, -0.1) is 0 Å². The SMILES string of the molecule is CO[Si]1(CCCN2C=CN(c3c(C)cc(C)cc3C)[CH-]2)OC(C)(C(C)C)C(C)(C(C)C(C)C)O1.[Cl][Au]. The van der Waals surface area contributed by atoms with Gasteiger partial charge in [-0.1, -0.05) is 52.3 Å². The molecule has 0 N–H and O–H groups in total. The Balaban J connectivity index is 0.00000222. The first-order valence-corrected chi connectivity index (χ1v) is 17.6. The molecule has 0 saturated carbocycles. The van der Waals surface area contributed by atoms with Crippen LogP contribution in [0.2, 0.25) is 6.04 Å². The zero-order chi connectivity index (χ0) is 27.5. The first kappa shape index (κ1) is 31.9. The molecule has 0 aliphatic carbocycles. The molecule has 0 aromatic heterocycles. The summed E-state index contributed by atoms with van der Waals surface area (Å²) < 4.78 is 19.9. The van der Waals surface area contributed by atoms with Crippen molar-refractivity contribution in [3.8, 4) is 0 Å². The van der Waals surface area contributed by atoms with E-state index in [1.54, 1.807) is 27.1 Å². The van der Waals surface area contributed by atoms with Gasteiger partial charge in [-0.25, -0.2) is 0 Å². The molecule has 0 radical (unpaired) electrons. The van der Waals surface area contributed by atoms with Crippen LogP contribution >= 0.6 is 9.19 Å². The zero-order valence-electron chi connectivity index (χ0n) is 24.0. The topological polar surface area (TPSA) is 34.2 Å². The average Bonchev–Trinajstić information content (AvgIpc) is 3.35. The van der Waals surface area contributed by atoms with Crippen molar-refractivity contribution in [1.82, 2.24) is 4.90 Å². The quantitative estimate of drug-likeness (QED) is 0.195. The molecule has 0 bridgehead atoms. The number of nitrogens with zero attached hydrogens (tertiary/aromatic N) is 2. The summed E-state index contributed by atoms with van der Waals surface area (Å²) in [5.74, 6) is 1.18. The van der Waals surface area contributed by atoms with Gasteiger partial charge in [0.25, 0.3) is 0 Å². The van der Waals surface area contributed by atoms with Crippen molar-refractivity contribution >= 4 is 23.7 Å². The second kappa shape index (κ2) is 12.7. The van der Waals surface area contributed by atoms with Gasteiger partial charge in [-0.2, -0.15) is 6.67 Å². The normalized spacial score (nSPS) is 28.8. The molecule has 1 saturated heterocycles. The monoisotopic (exact) mass is 719 g/mol. The number of halogens is 1. The summed E-state index contributed by atoms with van der Waals surface area (Å²) in [4.78, 5) is 4.48. The van der Waals surface area contributed by atoms with Gasteiger partial charge in [-0.3, -0.25) is 0 Å². The molecule has 2 aliphatic rings. The van der Waals surface area contributed by atoms with Gasteiger partial charge in [-0.05, 0) is 88.9 Å². The molecule has 0 spiro atoms. The Kier molecular flexibility index (Phi) is 11.2. The molecule has 8 heteroatoms. The maximum atomic E-state index is 6.92. The predicted molar refractivity (Wildman–Crippen MR) is 149 cm³/mol. The molecule has 210 valence electrons. The van der Waals surface area contributed by atoms with Gasteiger partial charge in [0.15, 0.2) is 0 Å².